The number of hydrogen-bond donors (Lipinski definition) is 2. The third-order valence-electron chi connectivity index (χ3n) is 5.67. The highest BCUT2D eigenvalue weighted by atomic mass is 127. The number of unbranched alkanes of at least 4 members (excludes halogenated alkanes) is 5. The van der Waals surface area contributed by atoms with E-state index in [0.717, 1.165) is 47.7 Å². The van der Waals surface area contributed by atoms with Crippen LogP contribution in [0.5, 0.6) is 0 Å². The number of nitrogen functional groups attached to an aromatic ring is 1. The number of ether oxygens (including phenoxy) is 2. The Balaban J connectivity index is 1.72. The second-order valence-corrected chi connectivity index (χ2v) is 9.08. The van der Waals surface area contributed by atoms with E-state index in [1.165, 1.54) is 0 Å². The van der Waals surface area contributed by atoms with Gasteiger partial charge in [-0.05, 0) is 47.1 Å². The number of fused-ring (bicyclic) bond motifs is 1. The minimum atomic E-state index is -0.873. The third-order valence-corrected chi connectivity index (χ3v) is 6.65. The highest BCUT2D eigenvalue weighted by molar-refractivity contribution is 14.1. The van der Waals surface area contributed by atoms with Crippen LogP contribution in [-0.2, 0) is 16.0 Å². The number of imidazole rings is 1. The van der Waals surface area contributed by atoms with Gasteiger partial charge < -0.3 is 24.9 Å². The summed E-state index contributed by atoms with van der Waals surface area (Å²) < 4.78 is 28.2. The van der Waals surface area contributed by atoms with Gasteiger partial charge in [0.1, 0.15) is 23.8 Å². The highest BCUT2D eigenvalue weighted by Crippen LogP contribution is 2.38. The topological polar surface area (TPSA) is 108 Å². The van der Waals surface area contributed by atoms with Crippen molar-refractivity contribution in [2.75, 3.05) is 19.1 Å². The van der Waals surface area contributed by atoms with Gasteiger partial charge in [-0.3, -0.25) is 0 Å². The Bertz CT molecular complexity index is 1140. The molecule has 3 aromatic rings. The van der Waals surface area contributed by atoms with E-state index in [2.05, 4.69) is 32.6 Å². The summed E-state index contributed by atoms with van der Waals surface area (Å²) in [5.74, 6) is 0.951. The van der Waals surface area contributed by atoms with Crippen LogP contribution in [0.15, 0.2) is 36.3 Å². The average Bonchev–Trinajstić information content (AvgIpc) is 3.44. The fourth-order valence-corrected chi connectivity index (χ4v) is 4.77. The first-order valence-electron chi connectivity index (χ1n) is 11.1. The predicted octanol–water partition coefficient (Wildman–Crippen LogP) is 4.46. The summed E-state index contributed by atoms with van der Waals surface area (Å²) in [6, 6.07) is 7.98. The first-order chi connectivity index (χ1) is 16.1. The number of nitrogens with two attached hydrogens (primary N) is 1. The number of allylic oxidation sites excluding steroid dienone is 1. The van der Waals surface area contributed by atoms with E-state index < -0.39 is 6.08 Å². The van der Waals surface area contributed by atoms with Crippen molar-refractivity contribution < 1.29 is 19.0 Å². The molecular weight excluding hydrogens is 540 g/mol. The molecule has 10 heteroatoms. The van der Waals surface area contributed by atoms with Crippen LogP contribution in [0.1, 0.15) is 55.8 Å². The van der Waals surface area contributed by atoms with Crippen LogP contribution in [0.4, 0.5) is 10.2 Å². The van der Waals surface area contributed by atoms with E-state index >= 15 is 0 Å². The van der Waals surface area contributed by atoms with Crippen LogP contribution in [0.3, 0.4) is 0 Å². The van der Waals surface area contributed by atoms with Gasteiger partial charge in [0, 0.05) is 16.7 Å². The van der Waals surface area contributed by atoms with Gasteiger partial charge in [0.2, 0.25) is 6.79 Å². The molecule has 8 nitrogen and oxygen atoms in total. The molecule has 33 heavy (non-hydrogen) atoms. The van der Waals surface area contributed by atoms with Crippen molar-refractivity contribution >= 4 is 39.6 Å². The monoisotopic (exact) mass is 567 g/mol. The molecule has 1 aliphatic heterocycles. The molecule has 0 radical (unpaired) electrons. The molecule has 0 saturated heterocycles. The summed E-state index contributed by atoms with van der Waals surface area (Å²) in [5.41, 5.74) is 7.79. The standard InChI is InChI=1S/C23H27FIN5O3/c24-23-28-20(26)19-22(29-23)30(11-7-3-1-2-4-8-12-31)21(27-19)18(17-13-32-14-33-17)15-9-5-6-10-16(15)25/h5-6,9-10,13,18,31H,1-4,7-8,11-12,14H2,(H2,26,28,29). The van der Waals surface area contributed by atoms with Gasteiger partial charge in [0.25, 0.3) is 0 Å². The zero-order valence-electron chi connectivity index (χ0n) is 18.2. The lowest BCUT2D eigenvalue weighted by molar-refractivity contribution is 0.0764. The minimum absolute atomic E-state index is 0.0144. The third kappa shape index (κ3) is 5.37. The summed E-state index contributed by atoms with van der Waals surface area (Å²) >= 11 is 2.29. The Kier molecular flexibility index (Phi) is 7.97. The lowest BCUT2D eigenvalue weighted by Crippen LogP contribution is -2.15. The van der Waals surface area contributed by atoms with Gasteiger partial charge in [-0.15, -0.1) is 0 Å². The number of aryl methyl sites for hydroxylation is 1. The van der Waals surface area contributed by atoms with Crippen molar-refractivity contribution in [3.63, 3.8) is 0 Å². The van der Waals surface area contributed by atoms with Gasteiger partial charge in [-0.2, -0.15) is 14.4 Å². The summed E-state index contributed by atoms with van der Waals surface area (Å²) in [6.07, 6.45) is 6.60. The van der Waals surface area contributed by atoms with E-state index in [-0.39, 0.29) is 25.1 Å². The number of benzene rings is 1. The van der Waals surface area contributed by atoms with Crippen molar-refractivity contribution in [2.45, 2.75) is 51.0 Å². The number of aliphatic hydroxyl groups excluding tert-OH is 1. The Morgan fingerprint density at radius 1 is 1.09 bits per heavy atom. The highest BCUT2D eigenvalue weighted by Gasteiger charge is 2.32. The van der Waals surface area contributed by atoms with Crippen molar-refractivity contribution in [2.24, 2.45) is 0 Å². The number of anilines is 1. The van der Waals surface area contributed by atoms with Crippen LogP contribution >= 0.6 is 22.6 Å². The summed E-state index contributed by atoms with van der Waals surface area (Å²) in [7, 11) is 0. The number of aliphatic hydroxyl groups is 1. The van der Waals surface area contributed by atoms with Crippen LogP contribution in [0.2, 0.25) is 0 Å². The molecule has 1 unspecified atom stereocenters. The molecule has 1 aromatic carbocycles. The lowest BCUT2D eigenvalue weighted by atomic mass is 9.96. The first-order valence-corrected chi connectivity index (χ1v) is 12.2. The van der Waals surface area contributed by atoms with Crippen molar-refractivity contribution in [3.8, 4) is 0 Å². The Labute approximate surface area is 205 Å². The largest absolute Gasteiger partial charge is 0.462 e. The maximum Gasteiger partial charge on any atom is 0.312 e. The predicted molar refractivity (Wildman–Crippen MR) is 131 cm³/mol. The zero-order chi connectivity index (χ0) is 23.2. The molecule has 0 spiro atoms. The second kappa shape index (κ2) is 11.1. The molecule has 3 heterocycles. The van der Waals surface area contributed by atoms with E-state index in [0.29, 0.717) is 29.3 Å². The lowest BCUT2D eigenvalue weighted by Gasteiger charge is -2.20. The summed E-state index contributed by atoms with van der Waals surface area (Å²) in [4.78, 5) is 12.5. The van der Waals surface area contributed by atoms with Gasteiger partial charge in [-0.1, -0.05) is 43.9 Å². The zero-order valence-corrected chi connectivity index (χ0v) is 20.4. The van der Waals surface area contributed by atoms with Crippen molar-refractivity contribution in [1.29, 1.82) is 0 Å². The molecule has 0 saturated carbocycles. The molecular formula is C23H27FIN5O3. The van der Waals surface area contributed by atoms with Crippen LogP contribution in [0.25, 0.3) is 11.2 Å². The number of nitrogens with zero attached hydrogens (tertiary/aromatic N) is 4. The number of rotatable bonds is 11. The molecule has 3 N–H and O–H groups in total. The molecule has 4 rings (SSSR count). The van der Waals surface area contributed by atoms with E-state index in [1.54, 1.807) is 6.26 Å². The van der Waals surface area contributed by atoms with Crippen molar-refractivity contribution in [3.05, 3.63) is 57.3 Å². The summed E-state index contributed by atoms with van der Waals surface area (Å²) in [6.45, 7) is 0.980. The molecule has 0 fully saturated rings. The van der Waals surface area contributed by atoms with E-state index in [4.69, 9.17) is 25.3 Å². The Morgan fingerprint density at radius 3 is 2.58 bits per heavy atom. The number of halogens is 2. The van der Waals surface area contributed by atoms with Gasteiger partial charge in [0.05, 0.1) is 0 Å². The van der Waals surface area contributed by atoms with Crippen LogP contribution in [0, 0.1) is 9.65 Å². The molecule has 2 aromatic heterocycles. The second-order valence-electron chi connectivity index (χ2n) is 7.92. The minimum Gasteiger partial charge on any atom is -0.462 e. The smallest absolute Gasteiger partial charge is 0.312 e. The molecule has 0 aliphatic carbocycles. The van der Waals surface area contributed by atoms with Gasteiger partial charge in [-0.25, -0.2) is 4.98 Å². The normalized spacial score (nSPS) is 14.2. The quantitative estimate of drug-likeness (QED) is 0.200. The Hall–Kier alpha value is -2.47. The first kappa shape index (κ1) is 23.7. The Morgan fingerprint density at radius 2 is 1.85 bits per heavy atom. The number of hydrogen-bond acceptors (Lipinski definition) is 7. The fourth-order valence-electron chi connectivity index (χ4n) is 4.07. The maximum absolute atomic E-state index is 14.1. The van der Waals surface area contributed by atoms with Crippen LogP contribution in [-0.4, -0.2) is 38.0 Å². The number of aromatic nitrogens is 4. The summed E-state index contributed by atoms with van der Waals surface area (Å²) in [5, 5.41) is 8.94. The molecule has 0 amide bonds. The van der Waals surface area contributed by atoms with Crippen molar-refractivity contribution in [1.82, 2.24) is 19.5 Å². The maximum atomic E-state index is 14.1. The van der Waals surface area contributed by atoms with Gasteiger partial charge >= 0.3 is 6.08 Å². The van der Waals surface area contributed by atoms with Crippen LogP contribution < -0.4 is 5.73 Å². The average molecular weight is 567 g/mol. The fraction of sp³-hybridized carbons (Fsp3) is 0.435. The molecule has 176 valence electrons. The van der Waals surface area contributed by atoms with E-state index in [1.807, 2.05) is 28.8 Å². The molecule has 1 atom stereocenters. The van der Waals surface area contributed by atoms with Gasteiger partial charge in [0.15, 0.2) is 17.0 Å². The molecule has 1 aliphatic rings. The molecule has 0 bridgehead atoms. The van der Waals surface area contributed by atoms with E-state index in [9.17, 15) is 4.39 Å². The SMILES string of the molecule is Nc1nc(F)nc2c1nc(C(C1=COCO1)c1ccccc1I)n2CCCCCCCCO.